The summed E-state index contributed by atoms with van der Waals surface area (Å²) in [5, 5.41) is 10.6. The van der Waals surface area contributed by atoms with Crippen LogP contribution in [0.5, 0.6) is 5.75 Å². The number of aromatic hydroxyl groups is 1. The summed E-state index contributed by atoms with van der Waals surface area (Å²) in [5.41, 5.74) is -0.851. The van der Waals surface area contributed by atoms with E-state index in [4.69, 9.17) is 4.74 Å². The largest absolute Gasteiger partial charge is 0.506 e. The van der Waals surface area contributed by atoms with Crippen molar-refractivity contribution in [3.63, 3.8) is 0 Å². The first-order chi connectivity index (χ1) is 14.6. The van der Waals surface area contributed by atoms with Crippen LogP contribution in [0, 0.1) is 0 Å². The van der Waals surface area contributed by atoms with Gasteiger partial charge in [-0.25, -0.2) is 4.79 Å². The predicted molar refractivity (Wildman–Crippen MR) is 114 cm³/mol. The molecule has 0 bridgehead atoms. The van der Waals surface area contributed by atoms with E-state index >= 15 is 0 Å². The van der Waals surface area contributed by atoms with E-state index in [-0.39, 0.29) is 18.4 Å². The summed E-state index contributed by atoms with van der Waals surface area (Å²) >= 11 is 4.75. The molecule has 1 N–H and O–H groups in total. The van der Waals surface area contributed by atoms with Crippen LogP contribution in [0.15, 0.2) is 50.6 Å². The first-order valence-electron chi connectivity index (χ1n) is 9.21. The third kappa shape index (κ3) is 3.82. The number of rotatable bonds is 3. The maximum absolute atomic E-state index is 13.1. The highest BCUT2D eigenvalue weighted by Crippen LogP contribution is 2.47. The molecule has 31 heavy (non-hydrogen) atoms. The molecule has 2 heterocycles. The maximum Gasteiger partial charge on any atom is 0.416 e. The molecule has 0 radical (unpaired) electrons. The zero-order chi connectivity index (χ0) is 22.5. The Morgan fingerprint density at radius 1 is 1.29 bits per heavy atom. The third-order valence-electron chi connectivity index (χ3n) is 4.97. The smallest absolute Gasteiger partial charge is 0.416 e. The van der Waals surface area contributed by atoms with Gasteiger partial charge < -0.3 is 14.4 Å². The molecule has 0 aliphatic carbocycles. The van der Waals surface area contributed by atoms with Gasteiger partial charge in [0.1, 0.15) is 5.75 Å². The fraction of sp³-hybridized carbons (Fsp3) is 0.238. The number of pyridine rings is 1. The molecule has 10 heteroatoms. The van der Waals surface area contributed by atoms with Crippen LogP contribution in [-0.2, 0) is 17.5 Å². The van der Waals surface area contributed by atoms with Crippen LogP contribution in [0.1, 0.15) is 33.7 Å². The van der Waals surface area contributed by atoms with Gasteiger partial charge in [0.2, 0.25) is 0 Å². The van der Waals surface area contributed by atoms with E-state index in [1.807, 2.05) is 0 Å². The average molecular weight is 514 g/mol. The van der Waals surface area contributed by atoms with Gasteiger partial charge in [-0.15, -0.1) is 11.8 Å². The second-order valence-corrected chi connectivity index (χ2v) is 9.05. The Morgan fingerprint density at radius 2 is 1.97 bits per heavy atom. The molecule has 0 amide bonds. The summed E-state index contributed by atoms with van der Waals surface area (Å²) in [5.74, 6) is -1.38. The fourth-order valence-electron chi connectivity index (χ4n) is 3.57. The molecule has 4 rings (SSSR count). The van der Waals surface area contributed by atoms with Crippen LogP contribution in [0.4, 0.5) is 13.2 Å². The molecule has 162 valence electrons. The first kappa shape index (κ1) is 21.8. The van der Waals surface area contributed by atoms with Crippen LogP contribution in [0.3, 0.4) is 0 Å². The lowest BCUT2D eigenvalue weighted by Gasteiger charge is -2.28. The quantitative estimate of drug-likeness (QED) is 0.467. The molecule has 1 unspecified atom stereocenters. The van der Waals surface area contributed by atoms with Crippen molar-refractivity contribution in [3.8, 4) is 5.75 Å². The van der Waals surface area contributed by atoms with Gasteiger partial charge in [0, 0.05) is 21.3 Å². The van der Waals surface area contributed by atoms with E-state index in [9.17, 15) is 27.9 Å². The van der Waals surface area contributed by atoms with Crippen molar-refractivity contribution in [3.05, 3.63) is 67.9 Å². The number of thioether (sulfide) groups is 1. The number of hydrogen-bond donors (Lipinski definition) is 1. The molecule has 0 saturated heterocycles. The normalized spacial score (nSPS) is 15.8. The number of aromatic nitrogens is 1. The molecule has 1 aromatic heterocycles. The monoisotopic (exact) mass is 513 g/mol. The number of alkyl halides is 3. The summed E-state index contributed by atoms with van der Waals surface area (Å²) in [4.78, 5) is 26.1. The van der Waals surface area contributed by atoms with Crippen LogP contribution in [-0.4, -0.2) is 22.2 Å². The van der Waals surface area contributed by atoms with Crippen LogP contribution in [0.2, 0.25) is 0 Å². The van der Waals surface area contributed by atoms with Gasteiger partial charge in [-0.2, -0.15) is 13.2 Å². The highest BCUT2D eigenvalue weighted by atomic mass is 79.9. The minimum absolute atomic E-state index is 0.0313. The van der Waals surface area contributed by atoms with E-state index < -0.39 is 34.6 Å². The molecule has 0 spiro atoms. The number of carbonyl (C=O) groups excluding carboxylic acids is 1. The summed E-state index contributed by atoms with van der Waals surface area (Å²) in [6.07, 6.45) is -4.44. The van der Waals surface area contributed by atoms with E-state index in [2.05, 4.69) is 15.9 Å². The fourth-order valence-corrected chi connectivity index (χ4v) is 5.53. The maximum atomic E-state index is 13.1. The van der Waals surface area contributed by atoms with Crippen molar-refractivity contribution >= 4 is 44.6 Å². The van der Waals surface area contributed by atoms with Gasteiger partial charge in [-0.1, -0.05) is 28.1 Å². The van der Waals surface area contributed by atoms with Gasteiger partial charge in [0.15, 0.2) is 5.56 Å². The second-order valence-electron chi connectivity index (χ2n) is 6.89. The number of hydrogen-bond acceptors (Lipinski definition) is 5. The molecular weight excluding hydrogens is 499 g/mol. The zero-order valence-electron chi connectivity index (χ0n) is 16.0. The average Bonchev–Trinajstić information content (AvgIpc) is 2.71. The summed E-state index contributed by atoms with van der Waals surface area (Å²) < 4.78 is 45.6. The Bertz CT molecular complexity index is 1250. The Labute approximate surface area is 187 Å². The molecule has 5 nitrogen and oxygen atoms in total. The highest BCUT2D eigenvalue weighted by Gasteiger charge is 2.32. The second kappa shape index (κ2) is 7.90. The standard InChI is InChI=1S/C21H15BrF3NO4S/c1-2-30-20(29)16-18(27)13-7-12(22)8-14-17(13)26(19(16)28)9-15(31-14)10-3-5-11(6-4-10)21(23,24)25/h3-8,15,27H,2,9H2,1H3. The number of nitrogens with zero attached hydrogens (tertiary/aromatic N) is 1. The number of carbonyl (C=O) groups is 1. The summed E-state index contributed by atoms with van der Waals surface area (Å²) in [6, 6.07) is 8.16. The third-order valence-corrected chi connectivity index (χ3v) is 6.70. The van der Waals surface area contributed by atoms with Crippen molar-refractivity contribution in [2.24, 2.45) is 0 Å². The van der Waals surface area contributed by atoms with Crippen molar-refractivity contribution in [1.29, 1.82) is 0 Å². The van der Waals surface area contributed by atoms with E-state index in [0.29, 0.717) is 25.8 Å². The van der Waals surface area contributed by atoms with E-state index in [0.717, 1.165) is 12.1 Å². The lowest BCUT2D eigenvalue weighted by Crippen LogP contribution is -2.31. The zero-order valence-corrected chi connectivity index (χ0v) is 18.4. The van der Waals surface area contributed by atoms with Gasteiger partial charge in [-0.3, -0.25) is 4.79 Å². The molecule has 0 fully saturated rings. The highest BCUT2D eigenvalue weighted by molar-refractivity contribution is 9.10. The van der Waals surface area contributed by atoms with Gasteiger partial charge in [-0.05, 0) is 36.8 Å². The van der Waals surface area contributed by atoms with Crippen molar-refractivity contribution < 1.29 is 27.8 Å². The van der Waals surface area contributed by atoms with Gasteiger partial charge in [0.05, 0.1) is 22.9 Å². The minimum atomic E-state index is -4.44. The molecule has 1 aliphatic heterocycles. The first-order valence-corrected chi connectivity index (χ1v) is 10.9. The SMILES string of the molecule is CCOC(=O)c1c(O)c2cc(Br)cc3c2n(c1=O)CC(c1ccc(C(F)(F)F)cc1)S3. The van der Waals surface area contributed by atoms with Crippen molar-refractivity contribution in [1.82, 2.24) is 4.57 Å². The molecule has 1 aliphatic rings. The van der Waals surface area contributed by atoms with Gasteiger partial charge >= 0.3 is 12.1 Å². The molecule has 0 saturated carbocycles. The molecule has 3 aromatic rings. The Balaban J connectivity index is 1.87. The number of benzene rings is 2. The van der Waals surface area contributed by atoms with Crippen LogP contribution >= 0.6 is 27.7 Å². The topological polar surface area (TPSA) is 68.5 Å². The summed E-state index contributed by atoms with van der Waals surface area (Å²) in [6.45, 7) is 1.74. The van der Waals surface area contributed by atoms with Crippen LogP contribution in [0.25, 0.3) is 10.9 Å². The molecule has 2 aromatic carbocycles. The lowest BCUT2D eigenvalue weighted by atomic mass is 10.1. The van der Waals surface area contributed by atoms with Crippen molar-refractivity contribution in [2.75, 3.05) is 6.61 Å². The Hall–Kier alpha value is -2.46. The van der Waals surface area contributed by atoms with E-state index in [1.54, 1.807) is 19.1 Å². The van der Waals surface area contributed by atoms with E-state index in [1.165, 1.54) is 28.5 Å². The van der Waals surface area contributed by atoms with Crippen molar-refractivity contribution in [2.45, 2.75) is 29.8 Å². The molecular formula is C21H15BrF3NO4S. The number of esters is 1. The Kier molecular flexibility index (Phi) is 5.55. The number of halogens is 4. The number of ether oxygens (including phenoxy) is 1. The van der Waals surface area contributed by atoms with Gasteiger partial charge in [0.25, 0.3) is 5.56 Å². The Morgan fingerprint density at radius 3 is 2.58 bits per heavy atom. The van der Waals surface area contributed by atoms with Crippen LogP contribution < -0.4 is 5.56 Å². The minimum Gasteiger partial charge on any atom is -0.506 e. The summed E-state index contributed by atoms with van der Waals surface area (Å²) in [7, 11) is 0. The molecule has 1 atom stereocenters. The lowest BCUT2D eigenvalue weighted by molar-refractivity contribution is -0.137. The predicted octanol–water partition coefficient (Wildman–Crippen LogP) is 5.51.